The lowest BCUT2D eigenvalue weighted by Crippen LogP contribution is -2.37. The number of esters is 1. The van der Waals surface area contributed by atoms with Gasteiger partial charge < -0.3 is 15.0 Å². The van der Waals surface area contributed by atoms with Gasteiger partial charge in [-0.25, -0.2) is 18.9 Å². The zero-order valence-electron chi connectivity index (χ0n) is 18.8. The summed E-state index contributed by atoms with van der Waals surface area (Å²) in [6.45, 7) is 0.0277. The number of rotatable bonds is 7. The molecule has 1 atom stereocenters. The molecule has 0 radical (unpaired) electrons. The summed E-state index contributed by atoms with van der Waals surface area (Å²) in [7, 11) is 1.27. The van der Waals surface area contributed by atoms with Gasteiger partial charge in [-0.15, -0.1) is 0 Å². The van der Waals surface area contributed by atoms with E-state index in [1.165, 1.54) is 48.4 Å². The number of amides is 4. The molecule has 4 rings (SSSR count). The van der Waals surface area contributed by atoms with Crippen LogP contribution in [0.25, 0.3) is 0 Å². The van der Waals surface area contributed by atoms with Crippen LogP contribution in [0.4, 0.5) is 20.6 Å². The summed E-state index contributed by atoms with van der Waals surface area (Å²) < 4.78 is 18.0. The van der Waals surface area contributed by atoms with Gasteiger partial charge in [-0.05, 0) is 54.1 Å². The van der Waals surface area contributed by atoms with Crippen molar-refractivity contribution in [2.45, 2.75) is 19.0 Å². The summed E-state index contributed by atoms with van der Waals surface area (Å²) in [6, 6.07) is 18.5. The summed E-state index contributed by atoms with van der Waals surface area (Å²) in [5, 5.41) is 2.69. The highest BCUT2D eigenvalue weighted by Gasteiger charge is 2.46. The molecule has 1 aliphatic heterocycles. The quantitative estimate of drug-likeness (QED) is 0.412. The fraction of sp³-hybridized carbons (Fsp3) is 0.154. The SMILES string of the molecule is COC(=O)c1ccc(NC(=O)C[C@H]2C(=O)N(c3ccccc3)C(=O)N2Cc2ccc(F)cc2)cc1. The lowest BCUT2D eigenvalue weighted by Gasteiger charge is -2.21. The summed E-state index contributed by atoms with van der Waals surface area (Å²) in [5.74, 6) is -1.94. The van der Waals surface area contributed by atoms with E-state index in [4.69, 9.17) is 0 Å². The van der Waals surface area contributed by atoms with E-state index in [1.807, 2.05) is 0 Å². The summed E-state index contributed by atoms with van der Waals surface area (Å²) in [4.78, 5) is 53.3. The Kier molecular flexibility index (Phi) is 6.86. The van der Waals surface area contributed by atoms with Crippen LogP contribution in [0, 0.1) is 5.82 Å². The van der Waals surface area contributed by atoms with E-state index in [1.54, 1.807) is 42.5 Å². The minimum atomic E-state index is -1.05. The lowest BCUT2D eigenvalue weighted by atomic mass is 10.1. The minimum Gasteiger partial charge on any atom is -0.465 e. The number of halogens is 1. The summed E-state index contributed by atoms with van der Waals surface area (Å²) in [6.07, 6.45) is -0.284. The second-order valence-corrected chi connectivity index (χ2v) is 7.88. The van der Waals surface area contributed by atoms with Crippen molar-refractivity contribution >= 4 is 35.2 Å². The Morgan fingerprint density at radius 1 is 0.943 bits per heavy atom. The first-order chi connectivity index (χ1) is 16.9. The van der Waals surface area contributed by atoms with Crippen LogP contribution in [-0.4, -0.2) is 41.9 Å². The van der Waals surface area contributed by atoms with E-state index < -0.39 is 35.7 Å². The van der Waals surface area contributed by atoms with Crippen LogP contribution in [-0.2, 0) is 20.9 Å². The molecule has 0 bridgehead atoms. The predicted molar refractivity (Wildman–Crippen MR) is 126 cm³/mol. The number of nitrogens with zero attached hydrogens (tertiary/aromatic N) is 2. The van der Waals surface area contributed by atoms with Gasteiger partial charge in [0.25, 0.3) is 5.91 Å². The molecular formula is C26H22FN3O5. The van der Waals surface area contributed by atoms with E-state index in [0.29, 0.717) is 22.5 Å². The molecule has 178 valence electrons. The van der Waals surface area contributed by atoms with Crippen LogP contribution < -0.4 is 10.2 Å². The largest absolute Gasteiger partial charge is 0.465 e. The van der Waals surface area contributed by atoms with E-state index >= 15 is 0 Å². The molecule has 0 saturated carbocycles. The number of hydrogen-bond acceptors (Lipinski definition) is 5. The maximum Gasteiger partial charge on any atom is 0.337 e. The number of anilines is 2. The summed E-state index contributed by atoms with van der Waals surface area (Å²) >= 11 is 0. The van der Waals surface area contributed by atoms with Crippen molar-refractivity contribution in [2.24, 2.45) is 0 Å². The molecule has 1 aliphatic rings. The molecule has 0 aromatic heterocycles. The van der Waals surface area contributed by atoms with Crippen molar-refractivity contribution in [3.05, 3.63) is 95.8 Å². The van der Waals surface area contributed by atoms with Gasteiger partial charge in [0.15, 0.2) is 0 Å². The smallest absolute Gasteiger partial charge is 0.337 e. The van der Waals surface area contributed by atoms with Crippen molar-refractivity contribution < 1.29 is 28.3 Å². The lowest BCUT2D eigenvalue weighted by molar-refractivity contribution is -0.124. The highest BCUT2D eigenvalue weighted by atomic mass is 19.1. The topological polar surface area (TPSA) is 96.0 Å². The van der Waals surface area contributed by atoms with Crippen LogP contribution in [0.3, 0.4) is 0 Å². The Balaban J connectivity index is 1.55. The average molecular weight is 475 g/mol. The monoisotopic (exact) mass is 475 g/mol. The molecule has 0 unspecified atom stereocenters. The van der Waals surface area contributed by atoms with Gasteiger partial charge in [0, 0.05) is 12.2 Å². The zero-order chi connectivity index (χ0) is 24.9. The molecule has 0 aliphatic carbocycles. The van der Waals surface area contributed by atoms with Gasteiger partial charge in [-0.2, -0.15) is 0 Å². The molecule has 8 nitrogen and oxygen atoms in total. The third kappa shape index (κ3) is 5.19. The molecule has 1 heterocycles. The second kappa shape index (κ2) is 10.2. The van der Waals surface area contributed by atoms with Crippen molar-refractivity contribution in [3.8, 4) is 0 Å². The van der Waals surface area contributed by atoms with E-state index in [2.05, 4.69) is 10.1 Å². The number of ether oxygens (including phenoxy) is 1. The first-order valence-corrected chi connectivity index (χ1v) is 10.8. The number of carbonyl (C=O) groups is 4. The van der Waals surface area contributed by atoms with Gasteiger partial charge in [0.05, 0.1) is 24.8 Å². The number of nitrogens with one attached hydrogen (secondary N) is 1. The highest BCUT2D eigenvalue weighted by Crippen LogP contribution is 2.28. The number of para-hydroxylation sites is 1. The van der Waals surface area contributed by atoms with Crippen molar-refractivity contribution in [2.75, 3.05) is 17.3 Å². The Bertz CT molecular complexity index is 1250. The van der Waals surface area contributed by atoms with Gasteiger partial charge in [0.1, 0.15) is 11.9 Å². The molecule has 3 aromatic rings. The third-order valence-corrected chi connectivity index (χ3v) is 5.57. The third-order valence-electron chi connectivity index (χ3n) is 5.57. The minimum absolute atomic E-state index is 0.0277. The normalized spacial score (nSPS) is 15.3. The molecule has 9 heteroatoms. The first-order valence-electron chi connectivity index (χ1n) is 10.8. The molecule has 0 spiro atoms. The fourth-order valence-electron chi connectivity index (χ4n) is 3.81. The molecule has 4 amide bonds. The number of hydrogen-bond donors (Lipinski definition) is 1. The fourth-order valence-corrected chi connectivity index (χ4v) is 3.81. The number of urea groups is 1. The molecular weight excluding hydrogens is 453 g/mol. The number of imide groups is 1. The Morgan fingerprint density at radius 3 is 2.23 bits per heavy atom. The second-order valence-electron chi connectivity index (χ2n) is 7.88. The highest BCUT2D eigenvalue weighted by molar-refractivity contribution is 6.22. The maximum absolute atomic E-state index is 13.3. The molecule has 1 fully saturated rings. The number of carbonyl (C=O) groups excluding carboxylic acids is 4. The van der Waals surface area contributed by atoms with Crippen molar-refractivity contribution in [1.29, 1.82) is 0 Å². The van der Waals surface area contributed by atoms with Gasteiger partial charge in [0.2, 0.25) is 5.91 Å². The van der Waals surface area contributed by atoms with Gasteiger partial charge in [-0.3, -0.25) is 9.59 Å². The van der Waals surface area contributed by atoms with Crippen LogP contribution in [0.15, 0.2) is 78.9 Å². The van der Waals surface area contributed by atoms with Crippen LogP contribution >= 0.6 is 0 Å². The van der Waals surface area contributed by atoms with E-state index in [9.17, 15) is 23.6 Å². The Labute approximate surface area is 200 Å². The predicted octanol–water partition coefficient (Wildman–Crippen LogP) is 3.98. The van der Waals surface area contributed by atoms with Gasteiger partial charge in [-0.1, -0.05) is 30.3 Å². The number of methoxy groups -OCH3 is 1. The van der Waals surface area contributed by atoms with Crippen LogP contribution in [0.2, 0.25) is 0 Å². The Morgan fingerprint density at radius 2 is 1.60 bits per heavy atom. The zero-order valence-corrected chi connectivity index (χ0v) is 18.8. The van der Waals surface area contributed by atoms with E-state index in [-0.39, 0.29) is 13.0 Å². The van der Waals surface area contributed by atoms with Gasteiger partial charge >= 0.3 is 12.0 Å². The van der Waals surface area contributed by atoms with Crippen molar-refractivity contribution in [3.63, 3.8) is 0 Å². The molecule has 1 N–H and O–H groups in total. The first kappa shape index (κ1) is 23.6. The molecule has 3 aromatic carbocycles. The van der Waals surface area contributed by atoms with Crippen LogP contribution in [0.1, 0.15) is 22.3 Å². The van der Waals surface area contributed by atoms with Crippen LogP contribution in [0.5, 0.6) is 0 Å². The molecule has 1 saturated heterocycles. The average Bonchev–Trinajstić information content (AvgIpc) is 3.09. The standard InChI is InChI=1S/C26H22FN3O5/c1-35-25(33)18-9-13-20(14-10-18)28-23(31)15-22-24(32)30(21-5-3-2-4-6-21)26(34)29(22)16-17-7-11-19(27)12-8-17/h2-14,22H,15-16H2,1H3,(H,28,31)/t22-/m0/s1. The number of benzene rings is 3. The van der Waals surface area contributed by atoms with Crippen molar-refractivity contribution in [1.82, 2.24) is 4.90 Å². The van der Waals surface area contributed by atoms with E-state index in [0.717, 1.165) is 4.90 Å². The summed E-state index contributed by atoms with van der Waals surface area (Å²) in [5.41, 5.74) is 1.76. The molecule has 35 heavy (non-hydrogen) atoms. The Hall–Kier alpha value is -4.53. The maximum atomic E-state index is 13.3.